The standard InChI is InChI=1S/C18H22N2O2/c1-12-2-6-17-16(8-12)13(9-19-17)3-7-18(21)20-10-14-4-5-15(11-20)22-14/h2,6,8-9,14-15,19H,3-5,7,10-11H2,1H3. The molecule has 0 aliphatic carbocycles. The van der Waals surface area contributed by atoms with Gasteiger partial charge in [0.1, 0.15) is 0 Å². The molecule has 3 heterocycles. The summed E-state index contributed by atoms with van der Waals surface area (Å²) in [5, 5.41) is 1.25. The number of rotatable bonds is 3. The van der Waals surface area contributed by atoms with Crippen molar-refractivity contribution in [3.05, 3.63) is 35.5 Å². The number of hydrogen-bond donors (Lipinski definition) is 1. The van der Waals surface area contributed by atoms with E-state index in [4.69, 9.17) is 4.74 Å². The lowest BCUT2D eigenvalue weighted by atomic mass is 10.1. The van der Waals surface area contributed by atoms with Gasteiger partial charge in [-0.05, 0) is 43.9 Å². The topological polar surface area (TPSA) is 45.3 Å². The highest BCUT2D eigenvalue weighted by atomic mass is 16.5. The van der Waals surface area contributed by atoms with E-state index in [-0.39, 0.29) is 18.1 Å². The zero-order chi connectivity index (χ0) is 15.1. The largest absolute Gasteiger partial charge is 0.371 e. The van der Waals surface area contributed by atoms with E-state index in [1.807, 2.05) is 11.1 Å². The van der Waals surface area contributed by atoms with Crippen LogP contribution in [0.15, 0.2) is 24.4 Å². The van der Waals surface area contributed by atoms with E-state index >= 15 is 0 Å². The third-order valence-corrected chi connectivity index (χ3v) is 4.93. The van der Waals surface area contributed by atoms with Gasteiger partial charge in [-0.2, -0.15) is 0 Å². The van der Waals surface area contributed by atoms with Crippen LogP contribution in [0, 0.1) is 6.92 Å². The van der Waals surface area contributed by atoms with Crippen molar-refractivity contribution in [1.82, 2.24) is 9.88 Å². The Bertz CT molecular complexity index is 694. The first-order valence-corrected chi connectivity index (χ1v) is 8.19. The average Bonchev–Trinajstić information content (AvgIpc) is 3.07. The molecule has 116 valence electrons. The maximum atomic E-state index is 12.5. The summed E-state index contributed by atoms with van der Waals surface area (Å²) in [7, 11) is 0. The number of aryl methyl sites for hydroxylation is 2. The van der Waals surface area contributed by atoms with E-state index in [1.165, 1.54) is 16.5 Å². The highest BCUT2D eigenvalue weighted by molar-refractivity contribution is 5.85. The number of aromatic nitrogens is 1. The third-order valence-electron chi connectivity index (χ3n) is 4.93. The van der Waals surface area contributed by atoms with Crippen molar-refractivity contribution in [3.63, 3.8) is 0 Å². The Morgan fingerprint density at radius 3 is 2.86 bits per heavy atom. The molecule has 0 saturated carbocycles. The van der Waals surface area contributed by atoms with Gasteiger partial charge in [0.05, 0.1) is 12.2 Å². The second-order valence-corrected chi connectivity index (χ2v) is 6.62. The summed E-state index contributed by atoms with van der Waals surface area (Å²) in [6.45, 7) is 3.66. The van der Waals surface area contributed by atoms with Gasteiger partial charge >= 0.3 is 0 Å². The molecule has 4 rings (SSSR count). The van der Waals surface area contributed by atoms with Crippen molar-refractivity contribution in [2.75, 3.05) is 13.1 Å². The zero-order valence-electron chi connectivity index (χ0n) is 13.0. The SMILES string of the molecule is Cc1ccc2[nH]cc(CCC(=O)N3CC4CCC(C3)O4)c2c1. The summed E-state index contributed by atoms with van der Waals surface area (Å²) in [4.78, 5) is 17.8. The fourth-order valence-corrected chi connectivity index (χ4v) is 3.72. The Kier molecular flexibility index (Phi) is 3.41. The normalized spacial score (nSPS) is 24.1. The van der Waals surface area contributed by atoms with Gasteiger partial charge in [0, 0.05) is 36.6 Å². The van der Waals surface area contributed by atoms with Crippen molar-refractivity contribution >= 4 is 16.8 Å². The van der Waals surface area contributed by atoms with Gasteiger partial charge in [-0.15, -0.1) is 0 Å². The number of nitrogens with zero attached hydrogens (tertiary/aromatic N) is 1. The number of H-pyrrole nitrogens is 1. The number of nitrogens with one attached hydrogen (secondary N) is 1. The number of hydrogen-bond acceptors (Lipinski definition) is 2. The fraction of sp³-hybridized carbons (Fsp3) is 0.500. The fourth-order valence-electron chi connectivity index (χ4n) is 3.72. The molecule has 2 atom stereocenters. The predicted molar refractivity (Wildman–Crippen MR) is 85.8 cm³/mol. The first-order chi connectivity index (χ1) is 10.7. The van der Waals surface area contributed by atoms with Crippen LogP contribution in [0.1, 0.15) is 30.4 Å². The number of ether oxygens (including phenoxy) is 1. The van der Waals surface area contributed by atoms with Crippen molar-refractivity contribution in [1.29, 1.82) is 0 Å². The van der Waals surface area contributed by atoms with E-state index in [1.54, 1.807) is 0 Å². The van der Waals surface area contributed by atoms with Crippen LogP contribution in [-0.2, 0) is 16.0 Å². The number of benzene rings is 1. The van der Waals surface area contributed by atoms with Gasteiger partial charge in [0.15, 0.2) is 0 Å². The molecule has 0 radical (unpaired) electrons. The molecular formula is C18H22N2O2. The highest BCUT2D eigenvalue weighted by Crippen LogP contribution is 2.27. The summed E-state index contributed by atoms with van der Waals surface area (Å²) in [5.41, 5.74) is 3.64. The van der Waals surface area contributed by atoms with Crippen LogP contribution in [-0.4, -0.2) is 41.1 Å². The van der Waals surface area contributed by atoms with Crippen LogP contribution in [0.25, 0.3) is 10.9 Å². The Morgan fingerprint density at radius 1 is 1.32 bits per heavy atom. The second-order valence-electron chi connectivity index (χ2n) is 6.62. The molecule has 2 unspecified atom stereocenters. The molecular weight excluding hydrogens is 276 g/mol. The maximum Gasteiger partial charge on any atom is 0.223 e. The van der Waals surface area contributed by atoms with Crippen LogP contribution in [0.5, 0.6) is 0 Å². The van der Waals surface area contributed by atoms with Crippen LogP contribution in [0.2, 0.25) is 0 Å². The minimum atomic E-state index is 0.266. The number of morpholine rings is 1. The summed E-state index contributed by atoms with van der Waals surface area (Å²) in [6, 6.07) is 6.41. The molecule has 4 heteroatoms. The van der Waals surface area contributed by atoms with Crippen molar-refractivity contribution in [2.45, 2.75) is 44.8 Å². The molecule has 1 amide bonds. The molecule has 1 aromatic heterocycles. The van der Waals surface area contributed by atoms with E-state index < -0.39 is 0 Å². The van der Waals surface area contributed by atoms with Crippen molar-refractivity contribution < 1.29 is 9.53 Å². The molecule has 2 aliphatic heterocycles. The molecule has 2 bridgehead atoms. The summed E-state index contributed by atoms with van der Waals surface area (Å²) in [6.07, 6.45) is 6.19. The summed E-state index contributed by atoms with van der Waals surface area (Å²) in [5.74, 6) is 0.266. The number of fused-ring (bicyclic) bond motifs is 3. The Hall–Kier alpha value is -1.81. The quantitative estimate of drug-likeness (QED) is 0.947. The van der Waals surface area contributed by atoms with E-state index in [2.05, 4.69) is 30.1 Å². The molecule has 2 saturated heterocycles. The van der Waals surface area contributed by atoms with E-state index in [0.29, 0.717) is 6.42 Å². The van der Waals surface area contributed by atoms with Gasteiger partial charge in [-0.3, -0.25) is 4.79 Å². The number of carbonyl (C=O) groups excluding carboxylic acids is 1. The zero-order valence-corrected chi connectivity index (χ0v) is 13.0. The molecule has 2 aliphatic rings. The Balaban J connectivity index is 1.43. The van der Waals surface area contributed by atoms with Gasteiger partial charge in [0.2, 0.25) is 5.91 Å². The number of aromatic amines is 1. The maximum absolute atomic E-state index is 12.5. The molecule has 4 nitrogen and oxygen atoms in total. The smallest absolute Gasteiger partial charge is 0.223 e. The molecule has 1 N–H and O–H groups in total. The first-order valence-electron chi connectivity index (χ1n) is 8.19. The van der Waals surface area contributed by atoms with E-state index in [0.717, 1.165) is 37.9 Å². The molecule has 2 aromatic rings. The third kappa shape index (κ3) is 2.52. The highest BCUT2D eigenvalue weighted by Gasteiger charge is 2.35. The minimum absolute atomic E-state index is 0.266. The van der Waals surface area contributed by atoms with Crippen molar-refractivity contribution in [3.8, 4) is 0 Å². The van der Waals surface area contributed by atoms with Crippen LogP contribution >= 0.6 is 0 Å². The lowest BCUT2D eigenvalue weighted by Crippen LogP contribution is -2.45. The Morgan fingerprint density at radius 2 is 2.09 bits per heavy atom. The molecule has 2 fully saturated rings. The number of amides is 1. The second kappa shape index (κ2) is 5.43. The van der Waals surface area contributed by atoms with Gasteiger partial charge in [-0.1, -0.05) is 11.6 Å². The molecule has 22 heavy (non-hydrogen) atoms. The van der Waals surface area contributed by atoms with Crippen LogP contribution < -0.4 is 0 Å². The molecule has 0 spiro atoms. The number of carbonyl (C=O) groups is 1. The minimum Gasteiger partial charge on any atom is -0.371 e. The Labute approximate surface area is 130 Å². The van der Waals surface area contributed by atoms with E-state index in [9.17, 15) is 4.79 Å². The average molecular weight is 298 g/mol. The lowest BCUT2D eigenvalue weighted by Gasteiger charge is -2.32. The lowest BCUT2D eigenvalue weighted by molar-refractivity contribution is -0.139. The van der Waals surface area contributed by atoms with Crippen molar-refractivity contribution in [2.24, 2.45) is 0 Å². The summed E-state index contributed by atoms with van der Waals surface area (Å²) < 4.78 is 5.80. The first kappa shape index (κ1) is 13.8. The van der Waals surface area contributed by atoms with Crippen LogP contribution in [0.4, 0.5) is 0 Å². The molecule has 1 aromatic carbocycles. The van der Waals surface area contributed by atoms with Gasteiger partial charge < -0.3 is 14.6 Å². The monoisotopic (exact) mass is 298 g/mol. The van der Waals surface area contributed by atoms with Gasteiger partial charge in [-0.25, -0.2) is 0 Å². The van der Waals surface area contributed by atoms with Gasteiger partial charge in [0.25, 0.3) is 0 Å². The predicted octanol–water partition coefficient (Wildman–Crippen LogP) is 2.80. The number of likely N-dealkylation sites (tertiary alicyclic amines) is 1. The summed E-state index contributed by atoms with van der Waals surface area (Å²) >= 11 is 0. The van der Waals surface area contributed by atoms with Crippen LogP contribution in [0.3, 0.4) is 0 Å².